The molecule has 2 bridgehead atoms. The average Bonchev–Trinajstić information content (AvgIpc) is 3.19. The number of hydrogen-bond acceptors (Lipinski definition) is 8. The number of ketones is 1. The Morgan fingerprint density at radius 2 is 1.59 bits per heavy atom. The second-order valence-corrected chi connectivity index (χ2v) is 16.3. The number of esters is 1. The first-order chi connectivity index (χ1) is 27.7. The molecule has 4 atom stereocenters. The van der Waals surface area contributed by atoms with E-state index in [-0.39, 0.29) is 24.7 Å². The molecule has 314 valence electrons. The van der Waals surface area contributed by atoms with Gasteiger partial charge in [-0.3, -0.25) is 28.8 Å². The van der Waals surface area contributed by atoms with Gasteiger partial charge in [0, 0.05) is 12.8 Å². The van der Waals surface area contributed by atoms with Crippen LogP contribution in [0.5, 0.6) is 0 Å². The fraction of sp³-hybridized carbons (Fsp3) is 0.533. The molecule has 58 heavy (non-hydrogen) atoms. The molecule has 1 heterocycles. The van der Waals surface area contributed by atoms with Gasteiger partial charge in [-0.15, -0.1) is 0 Å². The van der Waals surface area contributed by atoms with E-state index >= 15 is 0 Å². The summed E-state index contributed by atoms with van der Waals surface area (Å²) in [5, 5.41) is 13.5. The highest BCUT2D eigenvalue weighted by Gasteiger charge is 2.35. The summed E-state index contributed by atoms with van der Waals surface area (Å²) in [6.45, 7) is 6.29. The molecule has 2 aromatic carbocycles. The summed E-state index contributed by atoms with van der Waals surface area (Å²) in [4.78, 5) is 94.2. The van der Waals surface area contributed by atoms with Crippen molar-refractivity contribution in [3.8, 4) is 0 Å². The van der Waals surface area contributed by atoms with Crippen LogP contribution in [0.25, 0.3) is 6.08 Å². The predicted octanol–water partition coefficient (Wildman–Crippen LogP) is 4.93. The number of rotatable bonds is 12. The Labute approximate surface area is 342 Å². The van der Waals surface area contributed by atoms with Crippen molar-refractivity contribution in [3.05, 3.63) is 77.4 Å². The van der Waals surface area contributed by atoms with Gasteiger partial charge in [-0.1, -0.05) is 106 Å². The van der Waals surface area contributed by atoms with Gasteiger partial charge in [0.2, 0.25) is 29.4 Å². The lowest BCUT2D eigenvalue weighted by Crippen LogP contribution is -2.59. The van der Waals surface area contributed by atoms with Crippen LogP contribution in [0, 0.1) is 5.92 Å². The minimum Gasteiger partial charge on any atom is -0.458 e. The number of hydrogen-bond donors (Lipinski definition) is 5. The van der Waals surface area contributed by atoms with Crippen molar-refractivity contribution in [2.75, 3.05) is 6.54 Å². The third-order valence-corrected chi connectivity index (χ3v) is 10.3. The SMILES string of the molecule is CCCC(NC(=O)C1Cc2cccc(c2)/C=C\CCCCCC(=O)NC(C2CCCCC2)C(=O)N1)C(=O)C(=O)NCC(=O)N[C@H](C(=O)OC(C)(C)C)c1ccccc1. The smallest absolute Gasteiger partial charge is 0.333 e. The quantitative estimate of drug-likeness (QED) is 0.148. The molecule has 13 nitrogen and oxygen atoms in total. The summed E-state index contributed by atoms with van der Waals surface area (Å²) in [7, 11) is 0. The highest BCUT2D eigenvalue weighted by atomic mass is 16.6. The summed E-state index contributed by atoms with van der Waals surface area (Å²) < 4.78 is 5.51. The molecule has 1 aliphatic heterocycles. The Morgan fingerprint density at radius 3 is 2.29 bits per heavy atom. The highest BCUT2D eigenvalue weighted by molar-refractivity contribution is 6.38. The number of fused-ring (bicyclic) bond motifs is 2. The topological polar surface area (TPSA) is 189 Å². The zero-order chi connectivity index (χ0) is 42.1. The van der Waals surface area contributed by atoms with Crippen LogP contribution in [-0.2, 0) is 44.7 Å². The van der Waals surface area contributed by atoms with Crippen LogP contribution in [0.2, 0.25) is 0 Å². The summed E-state index contributed by atoms with van der Waals surface area (Å²) >= 11 is 0. The number of nitrogens with one attached hydrogen (secondary N) is 5. The minimum absolute atomic E-state index is 0.0848. The Balaban J connectivity index is 1.50. The van der Waals surface area contributed by atoms with Crippen molar-refractivity contribution in [1.82, 2.24) is 26.6 Å². The minimum atomic E-state index is -1.26. The maximum absolute atomic E-state index is 14.2. The maximum atomic E-state index is 14.2. The molecular formula is C45H61N5O8. The number of ether oxygens (including phenoxy) is 1. The summed E-state index contributed by atoms with van der Waals surface area (Å²) in [6.07, 6.45) is 12.9. The van der Waals surface area contributed by atoms with Gasteiger partial charge in [-0.05, 0) is 81.9 Å². The van der Waals surface area contributed by atoms with Crippen LogP contribution >= 0.6 is 0 Å². The first-order valence-corrected chi connectivity index (χ1v) is 20.8. The molecule has 13 heteroatoms. The van der Waals surface area contributed by atoms with Gasteiger partial charge in [-0.2, -0.15) is 0 Å². The number of allylic oxidation sites excluding steroid dienone is 1. The summed E-state index contributed by atoms with van der Waals surface area (Å²) in [6, 6.07) is 11.7. The monoisotopic (exact) mass is 799 g/mol. The fourth-order valence-corrected chi connectivity index (χ4v) is 7.32. The standard InChI is InChI=1S/C45H61N5O8/c1-5-18-34(40(53)43(56)46-29-37(52)50-39(33-24-14-10-15-25-33)44(57)58-45(2,3)4)47-41(54)35-28-31-21-17-20-30(27-31)19-11-7-6-8-16-26-36(51)49-38(42(55)48-35)32-22-12-9-13-23-32/h10-11,14-15,17,19-21,24-25,27,32,34-35,38-39H,5-9,12-13,16,18,22-23,26,28-29H2,1-4H3,(H,46,56)(H,47,54)(H,48,55)(H,49,51)(H,50,52)/b19-11-/t34?,35?,38?,39-/m0/s1. The van der Waals surface area contributed by atoms with E-state index in [0.29, 0.717) is 24.8 Å². The second kappa shape index (κ2) is 22.6. The average molecular weight is 800 g/mol. The molecule has 0 radical (unpaired) electrons. The second-order valence-electron chi connectivity index (χ2n) is 16.3. The molecule has 1 saturated carbocycles. The zero-order valence-corrected chi connectivity index (χ0v) is 34.4. The summed E-state index contributed by atoms with van der Waals surface area (Å²) in [5.74, 6) is -4.92. The van der Waals surface area contributed by atoms with Gasteiger partial charge in [0.15, 0.2) is 6.04 Å². The molecule has 0 saturated heterocycles. The number of carbonyl (C=O) groups is 7. The molecular weight excluding hydrogens is 739 g/mol. The lowest BCUT2D eigenvalue weighted by Gasteiger charge is -2.31. The Kier molecular flexibility index (Phi) is 17.7. The molecule has 2 aliphatic rings. The van der Waals surface area contributed by atoms with Crippen molar-refractivity contribution in [2.45, 2.75) is 141 Å². The van der Waals surface area contributed by atoms with E-state index in [1.54, 1.807) is 58.0 Å². The van der Waals surface area contributed by atoms with Crippen LogP contribution in [0.1, 0.15) is 127 Å². The van der Waals surface area contributed by atoms with Crippen molar-refractivity contribution >= 4 is 47.4 Å². The van der Waals surface area contributed by atoms with Gasteiger partial charge in [0.25, 0.3) is 5.91 Å². The first-order valence-electron chi connectivity index (χ1n) is 20.8. The van der Waals surface area contributed by atoms with Crippen molar-refractivity contribution in [3.63, 3.8) is 0 Å². The molecule has 4 rings (SSSR count). The maximum Gasteiger partial charge on any atom is 0.333 e. The van der Waals surface area contributed by atoms with Crippen LogP contribution in [0.4, 0.5) is 0 Å². The Morgan fingerprint density at radius 1 is 0.862 bits per heavy atom. The third kappa shape index (κ3) is 14.9. The molecule has 1 aliphatic carbocycles. The molecule has 0 spiro atoms. The van der Waals surface area contributed by atoms with Crippen molar-refractivity contribution < 1.29 is 38.3 Å². The van der Waals surface area contributed by atoms with Gasteiger partial charge in [-0.25, -0.2) is 4.79 Å². The van der Waals surface area contributed by atoms with Crippen LogP contribution in [0.3, 0.4) is 0 Å². The molecule has 5 amide bonds. The lowest BCUT2D eigenvalue weighted by molar-refractivity contribution is -0.158. The van der Waals surface area contributed by atoms with E-state index in [2.05, 4.69) is 32.7 Å². The normalized spacial score (nSPS) is 20.1. The zero-order valence-electron chi connectivity index (χ0n) is 34.4. The van der Waals surface area contributed by atoms with E-state index in [1.165, 1.54) is 0 Å². The first kappa shape index (κ1) is 45.4. The van der Waals surface area contributed by atoms with Gasteiger partial charge < -0.3 is 31.3 Å². The predicted molar refractivity (Wildman–Crippen MR) is 221 cm³/mol. The lowest BCUT2D eigenvalue weighted by atomic mass is 9.83. The summed E-state index contributed by atoms with van der Waals surface area (Å²) in [5.41, 5.74) is 1.35. The van der Waals surface area contributed by atoms with Crippen LogP contribution in [0.15, 0.2) is 60.7 Å². The van der Waals surface area contributed by atoms with Crippen LogP contribution < -0.4 is 26.6 Å². The van der Waals surface area contributed by atoms with E-state index in [9.17, 15) is 33.6 Å². The van der Waals surface area contributed by atoms with Gasteiger partial charge in [0.05, 0.1) is 12.6 Å². The van der Waals surface area contributed by atoms with Gasteiger partial charge >= 0.3 is 5.97 Å². The van der Waals surface area contributed by atoms with E-state index in [0.717, 1.165) is 62.5 Å². The fourth-order valence-electron chi connectivity index (χ4n) is 7.32. The highest BCUT2D eigenvalue weighted by Crippen LogP contribution is 2.27. The van der Waals surface area contributed by atoms with E-state index in [1.807, 2.05) is 30.3 Å². The number of amides is 5. The molecule has 1 fully saturated rings. The molecule has 5 N–H and O–H groups in total. The van der Waals surface area contributed by atoms with E-state index in [4.69, 9.17) is 4.74 Å². The molecule has 3 unspecified atom stereocenters. The van der Waals surface area contributed by atoms with Crippen molar-refractivity contribution in [1.29, 1.82) is 0 Å². The number of benzene rings is 2. The molecule has 2 aromatic rings. The van der Waals surface area contributed by atoms with Gasteiger partial charge in [0.1, 0.15) is 17.7 Å². The van der Waals surface area contributed by atoms with Crippen molar-refractivity contribution in [2.24, 2.45) is 5.92 Å². The van der Waals surface area contributed by atoms with Crippen LogP contribution in [-0.4, -0.2) is 71.6 Å². The van der Waals surface area contributed by atoms with E-state index < -0.39 is 71.7 Å². The third-order valence-electron chi connectivity index (χ3n) is 10.3. The number of Topliss-reactive ketones (excluding diaryl/α,β-unsaturated/α-hetero) is 1. The Hall–Kier alpha value is -5.33. The molecule has 0 aromatic heterocycles. The Bertz CT molecular complexity index is 1770. The largest absolute Gasteiger partial charge is 0.458 e. The number of carbonyl (C=O) groups excluding carboxylic acids is 7.